The standard InChI is InChI=1S/C14H13FO/c1-3-8-16-12-6-7-13-11(9-12)5-4-10(2)14(13)15/h3-7,9H,1,8H2,2H3. The number of hydrogen-bond acceptors (Lipinski definition) is 1. The second-order valence-corrected chi connectivity index (χ2v) is 3.68. The summed E-state index contributed by atoms with van der Waals surface area (Å²) in [7, 11) is 0. The monoisotopic (exact) mass is 216 g/mol. The van der Waals surface area contributed by atoms with E-state index in [1.165, 1.54) is 0 Å². The molecule has 0 spiro atoms. The van der Waals surface area contributed by atoms with E-state index >= 15 is 0 Å². The lowest BCUT2D eigenvalue weighted by Crippen LogP contribution is -1.93. The molecule has 2 heteroatoms. The van der Waals surface area contributed by atoms with Gasteiger partial charge in [-0.25, -0.2) is 4.39 Å². The summed E-state index contributed by atoms with van der Waals surface area (Å²) in [6.07, 6.45) is 1.68. The van der Waals surface area contributed by atoms with E-state index in [1.54, 1.807) is 31.2 Å². The molecule has 82 valence electrons. The van der Waals surface area contributed by atoms with Crippen LogP contribution in [0.3, 0.4) is 0 Å². The molecule has 0 fully saturated rings. The van der Waals surface area contributed by atoms with Gasteiger partial charge in [-0.05, 0) is 36.1 Å². The lowest BCUT2D eigenvalue weighted by Gasteiger charge is -2.06. The number of aryl methyl sites for hydroxylation is 1. The summed E-state index contributed by atoms with van der Waals surface area (Å²) in [5, 5.41) is 1.48. The van der Waals surface area contributed by atoms with E-state index in [-0.39, 0.29) is 5.82 Å². The highest BCUT2D eigenvalue weighted by Crippen LogP contribution is 2.24. The van der Waals surface area contributed by atoms with Crippen LogP contribution in [0.4, 0.5) is 4.39 Å². The Morgan fingerprint density at radius 2 is 2.12 bits per heavy atom. The topological polar surface area (TPSA) is 9.23 Å². The van der Waals surface area contributed by atoms with E-state index in [1.807, 2.05) is 12.1 Å². The van der Waals surface area contributed by atoms with Crippen molar-refractivity contribution >= 4 is 10.8 Å². The molecule has 0 radical (unpaired) electrons. The molecule has 0 amide bonds. The van der Waals surface area contributed by atoms with Crippen molar-refractivity contribution in [3.05, 3.63) is 54.4 Å². The predicted octanol–water partition coefficient (Wildman–Crippen LogP) is 3.85. The maximum Gasteiger partial charge on any atom is 0.133 e. The van der Waals surface area contributed by atoms with Crippen molar-refractivity contribution in [1.82, 2.24) is 0 Å². The van der Waals surface area contributed by atoms with Gasteiger partial charge in [0.25, 0.3) is 0 Å². The fourth-order valence-corrected chi connectivity index (χ4v) is 1.62. The van der Waals surface area contributed by atoms with Crippen molar-refractivity contribution in [2.45, 2.75) is 6.92 Å². The molecule has 2 aromatic rings. The fraction of sp³-hybridized carbons (Fsp3) is 0.143. The molecule has 0 aliphatic carbocycles. The molecule has 1 nitrogen and oxygen atoms in total. The van der Waals surface area contributed by atoms with Gasteiger partial charge in [-0.15, -0.1) is 0 Å². The van der Waals surface area contributed by atoms with Gasteiger partial charge in [-0.3, -0.25) is 0 Å². The number of benzene rings is 2. The summed E-state index contributed by atoms with van der Waals surface area (Å²) in [5.41, 5.74) is 0.659. The van der Waals surface area contributed by atoms with Gasteiger partial charge >= 0.3 is 0 Å². The summed E-state index contributed by atoms with van der Waals surface area (Å²) >= 11 is 0. The maximum absolute atomic E-state index is 13.7. The first-order valence-corrected chi connectivity index (χ1v) is 5.15. The Kier molecular flexibility index (Phi) is 2.91. The molecule has 0 saturated heterocycles. The minimum Gasteiger partial charge on any atom is -0.490 e. The third-order valence-electron chi connectivity index (χ3n) is 2.49. The number of hydrogen-bond donors (Lipinski definition) is 0. The molecule has 0 aromatic heterocycles. The van der Waals surface area contributed by atoms with Crippen molar-refractivity contribution in [3.8, 4) is 5.75 Å². The molecule has 16 heavy (non-hydrogen) atoms. The molecule has 0 aliphatic rings. The average molecular weight is 216 g/mol. The van der Waals surface area contributed by atoms with Crippen molar-refractivity contribution in [3.63, 3.8) is 0 Å². The number of ether oxygens (including phenoxy) is 1. The summed E-state index contributed by atoms with van der Waals surface area (Å²) in [6, 6.07) is 9.02. The molecule has 0 heterocycles. The molecule has 0 aliphatic heterocycles. The molecule has 0 bridgehead atoms. The number of fused-ring (bicyclic) bond motifs is 1. The van der Waals surface area contributed by atoms with Crippen LogP contribution in [-0.2, 0) is 0 Å². The molecule has 2 rings (SSSR count). The second-order valence-electron chi connectivity index (χ2n) is 3.68. The minimum absolute atomic E-state index is 0.159. The lowest BCUT2D eigenvalue weighted by molar-refractivity contribution is 0.364. The zero-order valence-corrected chi connectivity index (χ0v) is 9.16. The van der Waals surface area contributed by atoms with E-state index in [0.717, 1.165) is 11.1 Å². The third-order valence-corrected chi connectivity index (χ3v) is 2.49. The Hall–Kier alpha value is -1.83. The fourth-order valence-electron chi connectivity index (χ4n) is 1.62. The van der Waals surface area contributed by atoms with Gasteiger partial charge in [0.2, 0.25) is 0 Å². The smallest absolute Gasteiger partial charge is 0.133 e. The molecular formula is C14H13FO. The van der Waals surface area contributed by atoms with Crippen LogP contribution in [0.2, 0.25) is 0 Å². The zero-order valence-electron chi connectivity index (χ0n) is 9.16. The van der Waals surface area contributed by atoms with Crippen LogP contribution >= 0.6 is 0 Å². The Bertz CT molecular complexity index is 531. The molecule has 0 saturated carbocycles. The SMILES string of the molecule is C=CCOc1ccc2c(F)c(C)ccc2c1. The largest absolute Gasteiger partial charge is 0.490 e. The van der Waals surface area contributed by atoms with Gasteiger partial charge < -0.3 is 4.74 Å². The van der Waals surface area contributed by atoms with Gasteiger partial charge in [0.15, 0.2) is 0 Å². The predicted molar refractivity (Wildman–Crippen MR) is 64.3 cm³/mol. The highest BCUT2D eigenvalue weighted by atomic mass is 19.1. The van der Waals surface area contributed by atoms with Crippen molar-refractivity contribution in [2.24, 2.45) is 0 Å². The zero-order chi connectivity index (χ0) is 11.5. The van der Waals surface area contributed by atoms with Crippen LogP contribution in [0.5, 0.6) is 5.75 Å². The van der Waals surface area contributed by atoms with Crippen molar-refractivity contribution in [2.75, 3.05) is 6.61 Å². The number of rotatable bonds is 3. The summed E-state index contributed by atoms with van der Waals surface area (Å²) in [4.78, 5) is 0. The Balaban J connectivity index is 2.47. The first-order chi connectivity index (χ1) is 7.72. The van der Waals surface area contributed by atoms with E-state index < -0.39 is 0 Å². The van der Waals surface area contributed by atoms with Gasteiger partial charge in [0.1, 0.15) is 18.2 Å². The quantitative estimate of drug-likeness (QED) is 0.708. The molecular weight excluding hydrogens is 203 g/mol. The lowest BCUT2D eigenvalue weighted by atomic mass is 10.1. The Morgan fingerprint density at radius 1 is 1.31 bits per heavy atom. The average Bonchev–Trinajstić information content (AvgIpc) is 2.31. The van der Waals surface area contributed by atoms with E-state index in [0.29, 0.717) is 17.6 Å². The second kappa shape index (κ2) is 4.35. The Morgan fingerprint density at radius 3 is 2.88 bits per heavy atom. The van der Waals surface area contributed by atoms with Crippen LogP contribution in [0, 0.1) is 12.7 Å². The highest BCUT2D eigenvalue weighted by molar-refractivity contribution is 5.85. The van der Waals surface area contributed by atoms with E-state index in [4.69, 9.17) is 4.74 Å². The maximum atomic E-state index is 13.7. The van der Waals surface area contributed by atoms with Crippen LogP contribution in [0.25, 0.3) is 10.8 Å². The summed E-state index contributed by atoms with van der Waals surface area (Å²) < 4.78 is 19.1. The Labute approximate surface area is 94.2 Å². The highest BCUT2D eigenvalue weighted by Gasteiger charge is 2.04. The number of halogens is 1. The molecule has 2 aromatic carbocycles. The summed E-state index contributed by atoms with van der Waals surface area (Å²) in [6.45, 7) is 5.80. The molecule has 0 N–H and O–H groups in total. The van der Waals surface area contributed by atoms with E-state index in [2.05, 4.69) is 6.58 Å². The van der Waals surface area contributed by atoms with Gasteiger partial charge in [-0.1, -0.05) is 24.8 Å². The molecule has 0 unspecified atom stereocenters. The third kappa shape index (κ3) is 1.91. The van der Waals surface area contributed by atoms with Crippen molar-refractivity contribution < 1.29 is 9.13 Å². The van der Waals surface area contributed by atoms with Crippen LogP contribution in [0.1, 0.15) is 5.56 Å². The van der Waals surface area contributed by atoms with E-state index in [9.17, 15) is 4.39 Å². The van der Waals surface area contributed by atoms with Crippen LogP contribution in [0.15, 0.2) is 43.0 Å². The molecule has 0 atom stereocenters. The van der Waals surface area contributed by atoms with Gasteiger partial charge in [-0.2, -0.15) is 0 Å². The van der Waals surface area contributed by atoms with Gasteiger partial charge in [0.05, 0.1) is 0 Å². The van der Waals surface area contributed by atoms with Crippen LogP contribution < -0.4 is 4.74 Å². The van der Waals surface area contributed by atoms with Crippen LogP contribution in [-0.4, -0.2) is 6.61 Å². The van der Waals surface area contributed by atoms with Crippen molar-refractivity contribution in [1.29, 1.82) is 0 Å². The minimum atomic E-state index is -0.159. The first kappa shape index (κ1) is 10.7. The van der Waals surface area contributed by atoms with Gasteiger partial charge in [0, 0.05) is 5.39 Å². The first-order valence-electron chi connectivity index (χ1n) is 5.15. The normalized spacial score (nSPS) is 10.4. The summed E-state index contributed by atoms with van der Waals surface area (Å²) in [5.74, 6) is 0.573.